The molecular weight excluding hydrogens is 278 g/mol. The zero-order valence-electron chi connectivity index (χ0n) is 10.2. The quantitative estimate of drug-likeness (QED) is 0.864. The van der Waals surface area contributed by atoms with Crippen LogP contribution in [0.4, 0.5) is 0 Å². The molecule has 0 aliphatic carbocycles. The van der Waals surface area contributed by atoms with E-state index in [1.165, 1.54) is 0 Å². The maximum atomic E-state index is 11.6. The molecule has 2 aromatic rings. The SMILES string of the molecule is O=C(Cc1cccs1)NCC#Cc1ccccc1Cl. The van der Waals surface area contributed by atoms with Crippen molar-refractivity contribution in [1.29, 1.82) is 0 Å². The van der Waals surface area contributed by atoms with Crippen LogP contribution in [-0.4, -0.2) is 12.5 Å². The Labute approximate surface area is 121 Å². The summed E-state index contributed by atoms with van der Waals surface area (Å²) in [6.45, 7) is 0.329. The van der Waals surface area contributed by atoms with Crippen LogP contribution in [0.5, 0.6) is 0 Å². The van der Waals surface area contributed by atoms with Crippen LogP contribution in [0.3, 0.4) is 0 Å². The molecule has 0 unspecified atom stereocenters. The smallest absolute Gasteiger partial charge is 0.226 e. The van der Waals surface area contributed by atoms with Gasteiger partial charge in [-0.3, -0.25) is 4.79 Å². The highest BCUT2D eigenvalue weighted by molar-refractivity contribution is 7.10. The highest BCUT2D eigenvalue weighted by Gasteiger charge is 2.01. The molecule has 1 N–H and O–H groups in total. The standard InChI is InChI=1S/C15H12ClNOS/c16-14-8-2-1-5-12(14)6-3-9-17-15(18)11-13-7-4-10-19-13/h1-2,4-5,7-8,10H,9,11H2,(H,17,18). The molecule has 0 atom stereocenters. The summed E-state index contributed by atoms with van der Waals surface area (Å²) in [6, 6.07) is 11.3. The molecule has 0 aliphatic rings. The first kappa shape index (κ1) is 13.7. The Balaban J connectivity index is 1.81. The van der Waals surface area contributed by atoms with E-state index in [2.05, 4.69) is 17.2 Å². The van der Waals surface area contributed by atoms with E-state index in [1.807, 2.05) is 35.7 Å². The van der Waals surface area contributed by atoms with Gasteiger partial charge in [0.1, 0.15) is 0 Å². The van der Waals surface area contributed by atoms with Gasteiger partial charge in [0, 0.05) is 10.4 Å². The van der Waals surface area contributed by atoms with Crippen molar-refractivity contribution in [2.24, 2.45) is 0 Å². The van der Waals surface area contributed by atoms with Gasteiger partial charge >= 0.3 is 0 Å². The second-order valence-corrected chi connectivity index (χ2v) is 5.25. The molecule has 1 amide bonds. The third-order valence-corrected chi connectivity index (χ3v) is 3.59. The monoisotopic (exact) mass is 289 g/mol. The van der Waals surface area contributed by atoms with E-state index >= 15 is 0 Å². The summed E-state index contributed by atoms with van der Waals surface area (Å²) >= 11 is 7.55. The average molecular weight is 290 g/mol. The lowest BCUT2D eigenvalue weighted by Gasteiger charge is -1.98. The number of halogens is 1. The third-order valence-electron chi connectivity index (χ3n) is 2.39. The topological polar surface area (TPSA) is 29.1 Å². The molecule has 0 radical (unpaired) electrons. The predicted octanol–water partition coefficient (Wildman–Crippen LogP) is 3.11. The van der Waals surface area contributed by atoms with Crippen molar-refractivity contribution in [3.63, 3.8) is 0 Å². The number of hydrogen-bond donors (Lipinski definition) is 1. The molecule has 1 heterocycles. The molecule has 0 saturated heterocycles. The Kier molecular flexibility index (Phi) is 5.02. The van der Waals surface area contributed by atoms with E-state index in [0.29, 0.717) is 18.0 Å². The van der Waals surface area contributed by atoms with Gasteiger partial charge in [-0.15, -0.1) is 11.3 Å². The minimum absolute atomic E-state index is 0.0177. The molecule has 1 aromatic carbocycles. The minimum atomic E-state index is -0.0177. The number of rotatable bonds is 3. The number of carbonyl (C=O) groups is 1. The molecule has 2 nitrogen and oxygen atoms in total. The van der Waals surface area contributed by atoms with Gasteiger partial charge in [-0.1, -0.05) is 41.6 Å². The maximum absolute atomic E-state index is 11.6. The molecule has 0 fully saturated rings. The number of carbonyl (C=O) groups excluding carboxylic acids is 1. The Morgan fingerprint density at radius 1 is 1.26 bits per heavy atom. The van der Waals surface area contributed by atoms with Crippen molar-refractivity contribution >= 4 is 28.8 Å². The molecule has 1 aromatic heterocycles. The lowest BCUT2D eigenvalue weighted by atomic mass is 10.2. The van der Waals surface area contributed by atoms with Gasteiger partial charge in [-0.05, 0) is 23.6 Å². The van der Waals surface area contributed by atoms with Gasteiger partial charge in [0.15, 0.2) is 0 Å². The highest BCUT2D eigenvalue weighted by atomic mass is 35.5. The largest absolute Gasteiger partial charge is 0.345 e. The van der Waals surface area contributed by atoms with Crippen LogP contribution < -0.4 is 5.32 Å². The van der Waals surface area contributed by atoms with Gasteiger partial charge in [-0.25, -0.2) is 0 Å². The van der Waals surface area contributed by atoms with Crippen LogP contribution in [0.2, 0.25) is 5.02 Å². The Hall–Kier alpha value is -1.76. The molecular formula is C15H12ClNOS. The van der Waals surface area contributed by atoms with Crippen LogP contribution >= 0.6 is 22.9 Å². The van der Waals surface area contributed by atoms with Crippen molar-refractivity contribution in [3.05, 3.63) is 57.2 Å². The normalized spacial score (nSPS) is 9.53. The molecule has 0 saturated carbocycles. The van der Waals surface area contributed by atoms with Gasteiger partial charge < -0.3 is 5.32 Å². The fourth-order valence-corrected chi connectivity index (χ4v) is 2.37. The molecule has 19 heavy (non-hydrogen) atoms. The lowest BCUT2D eigenvalue weighted by molar-refractivity contribution is -0.120. The number of amides is 1. The fourth-order valence-electron chi connectivity index (χ4n) is 1.48. The average Bonchev–Trinajstić information content (AvgIpc) is 2.89. The highest BCUT2D eigenvalue weighted by Crippen LogP contribution is 2.12. The van der Waals surface area contributed by atoms with E-state index in [4.69, 9.17) is 11.6 Å². The second kappa shape index (κ2) is 6.98. The maximum Gasteiger partial charge on any atom is 0.226 e. The van der Waals surface area contributed by atoms with Crippen molar-refractivity contribution in [3.8, 4) is 11.8 Å². The van der Waals surface area contributed by atoms with Crippen molar-refractivity contribution in [2.75, 3.05) is 6.54 Å². The van der Waals surface area contributed by atoms with Crippen LogP contribution in [0.15, 0.2) is 41.8 Å². The third kappa shape index (κ3) is 4.44. The van der Waals surface area contributed by atoms with E-state index in [0.717, 1.165) is 10.4 Å². The summed E-state index contributed by atoms with van der Waals surface area (Å²) in [5.74, 6) is 5.81. The number of hydrogen-bond acceptors (Lipinski definition) is 2. The second-order valence-electron chi connectivity index (χ2n) is 3.81. The number of thiophene rings is 1. The van der Waals surface area contributed by atoms with E-state index in [-0.39, 0.29) is 5.91 Å². The minimum Gasteiger partial charge on any atom is -0.345 e. The van der Waals surface area contributed by atoms with Crippen LogP contribution in [0.25, 0.3) is 0 Å². The molecule has 2 rings (SSSR count). The van der Waals surface area contributed by atoms with E-state index in [9.17, 15) is 4.79 Å². The van der Waals surface area contributed by atoms with E-state index < -0.39 is 0 Å². The van der Waals surface area contributed by atoms with Gasteiger partial charge in [0.05, 0.1) is 18.0 Å². The van der Waals surface area contributed by atoms with Crippen molar-refractivity contribution in [1.82, 2.24) is 5.32 Å². The Bertz CT molecular complexity index is 611. The van der Waals surface area contributed by atoms with Crippen molar-refractivity contribution in [2.45, 2.75) is 6.42 Å². The molecule has 96 valence electrons. The number of benzene rings is 1. The lowest BCUT2D eigenvalue weighted by Crippen LogP contribution is -2.24. The van der Waals surface area contributed by atoms with E-state index in [1.54, 1.807) is 17.4 Å². The molecule has 0 aliphatic heterocycles. The molecule has 0 spiro atoms. The summed E-state index contributed by atoms with van der Waals surface area (Å²) < 4.78 is 0. The van der Waals surface area contributed by atoms with Crippen molar-refractivity contribution < 1.29 is 4.79 Å². The van der Waals surface area contributed by atoms with Crippen LogP contribution in [0, 0.1) is 11.8 Å². The first-order valence-electron chi connectivity index (χ1n) is 5.78. The van der Waals surface area contributed by atoms with Crippen LogP contribution in [0.1, 0.15) is 10.4 Å². The van der Waals surface area contributed by atoms with Gasteiger partial charge in [-0.2, -0.15) is 0 Å². The van der Waals surface area contributed by atoms with Gasteiger partial charge in [0.25, 0.3) is 0 Å². The zero-order chi connectivity index (χ0) is 13.5. The summed E-state index contributed by atoms with van der Waals surface area (Å²) in [4.78, 5) is 12.6. The Morgan fingerprint density at radius 2 is 2.11 bits per heavy atom. The first-order chi connectivity index (χ1) is 9.25. The predicted molar refractivity (Wildman–Crippen MR) is 79.4 cm³/mol. The first-order valence-corrected chi connectivity index (χ1v) is 7.04. The Morgan fingerprint density at radius 3 is 2.84 bits per heavy atom. The fraction of sp³-hybridized carbons (Fsp3) is 0.133. The zero-order valence-corrected chi connectivity index (χ0v) is 11.7. The summed E-state index contributed by atoms with van der Waals surface area (Å²) in [6.07, 6.45) is 0.408. The van der Waals surface area contributed by atoms with Gasteiger partial charge in [0.2, 0.25) is 5.91 Å². The summed E-state index contributed by atoms with van der Waals surface area (Å²) in [7, 11) is 0. The number of nitrogens with one attached hydrogen (secondary N) is 1. The molecule has 0 bridgehead atoms. The molecule has 4 heteroatoms. The summed E-state index contributed by atoms with van der Waals surface area (Å²) in [5.41, 5.74) is 0.775. The summed E-state index contributed by atoms with van der Waals surface area (Å²) in [5, 5.41) is 5.34. The van der Waals surface area contributed by atoms with Crippen LogP contribution in [-0.2, 0) is 11.2 Å².